The van der Waals surface area contributed by atoms with Crippen LogP contribution >= 0.6 is 0 Å². The van der Waals surface area contributed by atoms with Crippen molar-refractivity contribution in [1.82, 2.24) is 9.97 Å². The fourth-order valence-corrected chi connectivity index (χ4v) is 6.52. The minimum absolute atomic E-state index is 0. The Morgan fingerprint density at radius 2 is 1.70 bits per heavy atom. The number of fused-ring (bicyclic) bond motifs is 3. The Labute approximate surface area is 253 Å². The van der Waals surface area contributed by atoms with Crippen LogP contribution in [0.25, 0.3) is 44.5 Å². The van der Waals surface area contributed by atoms with Gasteiger partial charge >= 0.3 is 99.8 Å². The first-order chi connectivity index (χ1) is 19.0. The smallest absolute Gasteiger partial charge is 0 e. The second kappa shape index (κ2) is 12.6. The van der Waals surface area contributed by atoms with Gasteiger partial charge < -0.3 is 9.40 Å². The van der Waals surface area contributed by atoms with E-state index in [1.165, 1.54) is 10.5 Å². The zero-order valence-corrected chi connectivity index (χ0v) is 27.7. The van der Waals surface area contributed by atoms with Gasteiger partial charge in [0, 0.05) is 38.9 Å². The predicted octanol–water partition coefficient (Wildman–Crippen LogP) is 8.80. The van der Waals surface area contributed by atoms with E-state index in [0.717, 1.165) is 22.2 Å². The number of pyridine rings is 2. The predicted molar refractivity (Wildman–Crippen MR) is 161 cm³/mol. The molecular weight excluding hydrogens is 736 g/mol. The fraction of sp³-hybridized carbons (Fsp3) is 0.176. The van der Waals surface area contributed by atoms with Crippen LogP contribution in [0.1, 0.15) is 26.7 Å². The van der Waals surface area contributed by atoms with Crippen LogP contribution < -0.4 is 4.40 Å². The van der Waals surface area contributed by atoms with Gasteiger partial charge in [0.1, 0.15) is 5.58 Å². The van der Waals surface area contributed by atoms with Gasteiger partial charge in [-0.25, -0.2) is 0 Å². The van der Waals surface area contributed by atoms with Gasteiger partial charge in [0.2, 0.25) is 0 Å². The Bertz CT molecular complexity index is 1780. The molecule has 0 saturated carbocycles. The van der Waals surface area contributed by atoms with Crippen LogP contribution in [0.3, 0.4) is 0 Å². The summed E-state index contributed by atoms with van der Waals surface area (Å²) in [6, 6.07) is 30.8. The van der Waals surface area contributed by atoms with E-state index in [0.29, 0.717) is 27.8 Å². The summed E-state index contributed by atoms with van der Waals surface area (Å²) in [5, 5.41) is 1.17. The maximum absolute atomic E-state index is 14.4. The van der Waals surface area contributed by atoms with Gasteiger partial charge in [-0.3, -0.25) is 4.39 Å². The summed E-state index contributed by atoms with van der Waals surface area (Å²) >= 11 is -1.72. The summed E-state index contributed by atoms with van der Waals surface area (Å²) in [5.41, 5.74) is 5.19. The van der Waals surface area contributed by atoms with Crippen molar-refractivity contribution in [3.63, 3.8) is 0 Å². The molecule has 0 fully saturated rings. The summed E-state index contributed by atoms with van der Waals surface area (Å²) in [6.07, 6.45) is 3.70. The standard InChI is InChI=1S/C20H15FNO.C14H16GeN.Ir/c1-12(2)13-9-10-22-17(11-13)14-7-8-16(21)19-15-5-3-4-6-18(15)23-20(14)19;1-15(2,3)13-9-10-14(16-11-13)12-7-5-4-6-8-12;/h3-6,8-12H,1-2H3;4-7,9-11H,1-3H3;/q2*-1;/i12D;;. The molecule has 0 amide bonds. The SMILES string of the molecule is [2H]C(C)(C)c1ccnc(-c2[c-]cc(F)c3c2oc2ccccc23)c1.[CH3][Ge]([CH3])([CH3])[c]1ccc(-c2[c-]cccc2)nc1.[Ir]. The number of benzene rings is 3. The molecule has 6 rings (SSSR count). The molecule has 0 aliphatic rings. The van der Waals surface area contributed by atoms with E-state index in [4.69, 9.17) is 5.79 Å². The Morgan fingerprint density at radius 3 is 2.38 bits per heavy atom. The Hall–Kier alpha value is -3.12. The minimum Gasteiger partial charge on any atom is 0 e. The van der Waals surface area contributed by atoms with Gasteiger partial charge in [0.05, 0.1) is 5.58 Å². The van der Waals surface area contributed by atoms with Gasteiger partial charge in [0.25, 0.3) is 0 Å². The number of hydrogen-bond donors (Lipinski definition) is 0. The van der Waals surface area contributed by atoms with Crippen molar-refractivity contribution in [1.29, 1.82) is 0 Å². The topological polar surface area (TPSA) is 38.9 Å². The number of furan rings is 1. The van der Waals surface area contributed by atoms with Crippen LogP contribution in [-0.2, 0) is 20.1 Å². The molecule has 0 bridgehead atoms. The number of hydrogen-bond acceptors (Lipinski definition) is 3. The zero-order valence-electron chi connectivity index (χ0n) is 24.2. The first-order valence-corrected chi connectivity index (χ1v) is 20.3. The fourth-order valence-electron chi connectivity index (χ4n) is 4.35. The third-order valence-corrected chi connectivity index (χ3v) is 10.9. The largest absolute Gasteiger partial charge is 0 e. The average Bonchev–Trinajstić information content (AvgIpc) is 3.34. The molecule has 0 atom stereocenters. The van der Waals surface area contributed by atoms with Crippen molar-refractivity contribution < 1.29 is 30.3 Å². The van der Waals surface area contributed by atoms with Gasteiger partial charge in [0.15, 0.2) is 0 Å². The minimum atomic E-state index is -1.72. The molecule has 0 aliphatic heterocycles. The van der Waals surface area contributed by atoms with Gasteiger partial charge in [-0.05, 0) is 29.1 Å². The van der Waals surface area contributed by atoms with E-state index < -0.39 is 19.2 Å². The Kier molecular flexibility index (Phi) is 8.94. The Morgan fingerprint density at radius 1 is 0.925 bits per heavy atom. The molecule has 40 heavy (non-hydrogen) atoms. The summed E-state index contributed by atoms with van der Waals surface area (Å²) < 4.78 is 29.9. The van der Waals surface area contributed by atoms with Crippen LogP contribution in [0.5, 0.6) is 0 Å². The molecule has 0 aliphatic carbocycles. The summed E-state index contributed by atoms with van der Waals surface area (Å²) in [6.45, 7) is 3.63. The number of rotatable bonds is 4. The first kappa shape index (κ1) is 28.4. The van der Waals surface area contributed by atoms with Crippen molar-refractivity contribution in [2.24, 2.45) is 0 Å². The first-order valence-electron chi connectivity index (χ1n) is 13.4. The summed E-state index contributed by atoms with van der Waals surface area (Å²) in [5.74, 6) is 6.03. The van der Waals surface area contributed by atoms with Crippen LogP contribution in [0.4, 0.5) is 4.39 Å². The number of aromatic nitrogens is 2. The molecule has 0 saturated heterocycles. The molecule has 1 radical (unpaired) electrons. The van der Waals surface area contributed by atoms with Crippen molar-refractivity contribution in [2.45, 2.75) is 37.0 Å². The normalized spacial score (nSPS) is 11.9. The van der Waals surface area contributed by atoms with Gasteiger partial charge in [-0.2, -0.15) is 0 Å². The van der Waals surface area contributed by atoms with Crippen LogP contribution in [0, 0.1) is 17.9 Å². The molecule has 0 spiro atoms. The molecule has 0 N–H and O–H groups in total. The number of halogens is 1. The molecule has 6 heteroatoms. The van der Waals surface area contributed by atoms with Crippen LogP contribution in [-0.4, -0.2) is 23.2 Å². The van der Waals surface area contributed by atoms with E-state index in [1.54, 1.807) is 6.20 Å². The molecular formula is C34H31FGeIrN2O-2. The van der Waals surface area contributed by atoms with E-state index in [2.05, 4.69) is 51.5 Å². The monoisotopic (exact) mass is 770 g/mol. The van der Waals surface area contributed by atoms with Crippen molar-refractivity contribution in [2.75, 3.05) is 0 Å². The third-order valence-electron chi connectivity index (χ3n) is 6.61. The molecule has 3 aromatic heterocycles. The van der Waals surface area contributed by atoms with Crippen LogP contribution in [0.2, 0.25) is 17.3 Å². The van der Waals surface area contributed by atoms with Crippen LogP contribution in [0.15, 0.2) is 95.7 Å². The zero-order chi connectivity index (χ0) is 28.5. The molecule has 205 valence electrons. The molecule has 3 heterocycles. The molecule has 0 unspecified atom stereocenters. The van der Waals surface area contributed by atoms with E-state index in [9.17, 15) is 4.39 Å². The van der Waals surface area contributed by atoms with Gasteiger partial charge in [-0.15, -0.1) is 12.1 Å². The molecule has 3 nitrogen and oxygen atoms in total. The average molecular weight is 768 g/mol. The van der Waals surface area contributed by atoms with E-state index >= 15 is 0 Å². The van der Waals surface area contributed by atoms with Crippen molar-refractivity contribution >= 4 is 39.6 Å². The molecule has 6 aromatic rings. The van der Waals surface area contributed by atoms with Crippen molar-refractivity contribution in [3.8, 4) is 22.5 Å². The van der Waals surface area contributed by atoms with Gasteiger partial charge in [-0.1, -0.05) is 49.2 Å². The summed E-state index contributed by atoms with van der Waals surface area (Å²) in [7, 11) is 0. The third kappa shape index (κ3) is 6.44. The maximum Gasteiger partial charge on any atom is 0 e. The van der Waals surface area contributed by atoms with Crippen molar-refractivity contribution in [3.05, 3.63) is 115 Å². The van der Waals surface area contributed by atoms with E-state index in [-0.39, 0.29) is 25.9 Å². The number of nitrogens with zero attached hydrogens (tertiary/aromatic N) is 2. The number of para-hydroxylation sites is 1. The maximum atomic E-state index is 14.4. The second-order valence-corrected chi connectivity index (χ2v) is 21.4. The quantitative estimate of drug-likeness (QED) is 0.133. The molecule has 3 aromatic carbocycles. The van der Waals surface area contributed by atoms with E-state index in [1.807, 2.05) is 80.7 Å². The summed E-state index contributed by atoms with van der Waals surface area (Å²) in [4.78, 5) is 8.91. The second-order valence-electron chi connectivity index (χ2n) is 10.7. The Balaban J connectivity index is 0.000000200.